The number of carbonyl (C=O) groups is 1. The Bertz CT molecular complexity index is 624. The molecule has 2 rings (SSSR count). The SMILES string of the molecule is CNCCCNC(=O)c1cnn(-c2ccccc2C)c1C.Cl. The van der Waals surface area contributed by atoms with Crippen molar-refractivity contribution in [2.75, 3.05) is 20.1 Å². The third-order valence-electron chi connectivity index (χ3n) is 3.49. The number of para-hydroxylation sites is 1. The number of aromatic nitrogens is 2. The Morgan fingerprint density at radius 1 is 1.23 bits per heavy atom. The molecular formula is C16H23ClN4O. The second-order valence-electron chi connectivity index (χ2n) is 5.05. The van der Waals surface area contributed by atoms with Gasteiger partial charge in [-0.2, -0.15) is 5.10 Å². The first-order chi connectivity index (χ1) is 10.1. The van der Waals surface area contributed by atoms with Gasteiger partial charge in [0.15, 0.2) is 0 Å². The lowest BCUT2D eigenvalue weighted by Gasteiger charge is -2.08. The van der Waals surface area contributed by atoms with Gasteiger partial charge >= 0.3 is 0 Å². The van der Waals surface area contributed by atoms with E-state index < -0.39 is 0 Å². The highest BCUT2D eigenvalue weighted by Gasteiger charge is 2.15. The summed E-state index contributed by atoms with van der Waals surface area (Å²) in [6, 6.07) is 8.01. The maximum atomic E-state index is 12.2. The molecule has 0 saturated heterocycles. The fourth-order valence-corrected chi connectivity index (χ4v) is 2.24. The zero-order chi connectivity index (χ0) is 15.2. The smallest absolute Gasteiger partial charge is 0.254 e. The van der Waals surface area contributed by atoms with Crippen LogP contribution in [0.2, 0.25) is 0 Å². The number of hydrogen-bond donors (Lipinski definition) is 2. The van der Waals surface area contributed by atoms with Gasteiger partial charge in [0.25, 0.3) is 5.91 Å². The van der Waals surface area contributed by atoms with Crippen LogP contribution in [0.4, 0.5) is 0 Å². The molecule has 2 aromatic rings. The van der Waals surface area contributed by atoms with Gasteiger partial charge in [-0.15, -0.1) is 12.4 Å². The molecule has 0 saturated carbocycles. The monoisotopic (exact) mass is 322 g/mol. The van der Waals surface area contributed by atoms with Crippen molar-refractivity contribution in [1.82, 2.24) is 20.4 Å². The van der Waals surface area contributed by atoms with E-state index in [1.165, 1.54) is 0 Å². The average Bonchev–Trinajstić information content (AvgIpc) is 2.86. The Labute approximate surface area is 137 Å². The van der Waals surface area contributed by atoms with Crippen molar-refractivity contribution < 1.29 is 4.79 Å². The Balaban J connectivity index is 0.00000242. The molecule has 0 atom stereocenters. The van der Waals surface area contributed by atoms with E-state index in [9.17, 15) is 4.79 Å². The van der Waals surface area contributed by atoms with Crippen LogP contribution in [0, 0.1) is 13.8 Å². The maximum absolute atomic E-state index is 12.2. The largest absolute Gasteiger partial charge is 0.352 e. The number of benzene rings is 1. The van der Waals surface area contributed by atoms with E-state index in [4.69, 9.17) is 0 Å². The van der Waals surface area contributed by atoms with Crippen molar-refractivity contribution in [2.24, 2.45) is 0 Å². The molecule has 0 spiro atoms. The van der Waals surface area contributed by atoms with Crippen molar-refractivity contribution in [3.8, 4) is 5.69 Å². The Morgan fingerprint density at radius 2 is 1.95 bits per heavy atom. The molecule has 0 radical (unpaired) electrons. The summed E-state index contributed by atoms with van der Waals surface area (Å²) < 4.78 is 1.82. The minimum absolute atomic E-state index is 0. The molecule has 0 aliphatic carbocycles. The van der Waals surface area contributed by atoms with Crippen molar-refractivity contribution in [3.63, 3.8) is 0 Å². The van der Waals surface area contributed by atoms with Gasteiger partial charge in [-0.3, -0.25) is 4.79 Å². The van der Waals surface area contributed by atoms with Crippen LogP contribution in [0.15, 0.2) is 30.5 Å². The highest BCUT2D eigenvalue weighted by atomic mass is 35.5. The number of amides is 1. The van der Waals surface area contributed by atoms with Crippen molar-refractivity contribution in [2.45, 2.75) is 20.3 Å². The molecule has 0 aliphatic heterocycles. The molecule has 5 nitrogen and oxygen atoms in total. The lowest BCUT2D eigenvalue weighted by atomic mass is 10.2. The summed E-state index contributed by atoms with van der Waals surface area (Å²) in [6.45, 7) is 5.51. The number of carbonyl (C=O) groups excluding carboxylic acids is 1. The molecule has 1 aromatic heterocycles. The van der Waals surface area contributed by atoms with Crippen molar-refractivity contribution in [1.29, 1.82) is 0 Å². The summed E-state index contributed by atoms with van der Waals surface area (Å²) in [6.07, 6.45) is 2.54. The van der Waals surface area contributed by atoms with Gasteiger partial charge in [-0.25, -0.2) is 4.68 Å². The lowest BCUT2D eigenvalue weighted by Crippen LogP contribution is -2.26. The van der Waals surface area contributed by atoms with Crippen LogP contribution in [-0.4, -0.2) is 35.8 Å². The predicted octanol–water partition coefficient (Wildman–Crippen LogP) is 2.25. The van der Waals surface area contributed by atoms with Crippen LogP contribution in [-0.2, 0) is 0 Å². The van der Waals surface area contributed by atoms with E-state index >= 15 is 0 Å². The van der Waals surface area contributed by atoms with Gasteiger partial charge in [-0.05, 0) is 45.5 Å². The highest BCUT2D eigenvalue weighted by Crippen LogP contribution is 2.17. The number of halogens is 1. The van der Waals surface area contributed by atoms with Crippen LogP contribution >= 0.6 is 12.4 Å². The van der Waals surface area contributed by atoms with E-state index in [-0.39, 0.29) is 18.3 Å². The second-order valence-corrected chi connectivity index (χ2v) is 5.05. The number of hydrogen-bond acceptors (Lipinski definition) is 3. The van der Waals surface area contributed by atoms with Crippen LogP contribution in [0.3, 0.4) is 0 Å². The second kappa shape index (κ2) is 8.56. The van der Waals surface area contributed by atoms with Gasteiger partial charge in [0, 0.05) is 6.54 Å². The number of rotatable bonds is 6. The number of nitrogens with one attached hydrogen (secondary N) is 2. The fourth-order valence-electron chi connectivity index (χ4n) is 2.24. The van der Waals surface area contributed by atoms with Gasteiger partial charge in [0.05, 0.1) is 23.1 Å². The first kappa shape index (κ1) is 18.2. The minimum Gasteiger partial charge on any atom is -0.352 e. The minimum atomic E-state index is -0.0663. The van der Waals surface area contributed by atoms with Gasteiger partial charge < -0.3 is 10.6 Å². The topological polar surface area (TPSA) is 58.9 Å². The molecular weight excluding hydrogens is 300 g/mol. The fraction of sp³-hybridized carbons (Fsp3) is 0.375. The molecule has 1 aromatic carbocycles. The van der Waals surface area contributed by atoms with E-state index in [0.717, 1.165) is 29.9 Å². The first-order valence-corrected chi connectivity index (χ1v) is 7.18. The Hall–Kier alpha value is -1.85. The van der Waals surface area contributed by atoms with Crippen LogP contribution in [0.25, 0.3) is 5.69 Å². The molecule has 120 valence electrons. The molecule has 22 heavy (non-hydrogen) atoms. The third-order valence-corrected chi connectivity index (χ3v) is 3.49. The third kappa shape index (κ3) is 4.08. The molecule has 1 heterocycles. The molecule has 0 fully saturated rings. The standard InChI is InChI=1S/C16H22N4O.ClH/c1-12-7-4-5-8-15(12)20-13(2)14(11-19-20)16(21)18-10-6-9-17-3;/h4-5,7-8,11,17H,6,9-10H2,1-3H3,(H,18,21);1H. The summed E-state index contributed by atoms with van der Waals surface area (Å²) in [5, 5.41) is 10.3. The summed E-state index contributed by atoms with van der Waals surface area (Å²) in [5.74, 6) is -0.0663. The van der Waals surface area contributed by atoms with E-state index in [1.54, 1.807) is 6.20 Å². The van der Waals surface area contributed by atoms with Crippen LogP contribution in [0.5, 0.6) is 0 Å². The summed E-state index contributed by atoms with van der Waals surface area (Å²) >= 11 is 0. The molecule has 0 bridgehead atoms. The van der Waals surface area contributed by atoms with Gasteiger partial charge in [0.1, 0.15) is 0 Å². The summed E-state index contributed by atoms with van der Waals surface area (Å²) in [5.41, 5.74) is 3.62. The van der Waals surface area contributed by atoms with Crippen LogP contribution < -0.4 is 10.6 Å². The molecule has 0 unspecified atom stereocenters. The molecule has 0 aliphatic rings. The highest BCUT2D eigenvalue weighted by molar-refractivity contribution is 5.95. The zero-order valence-electron chi connectivity index (χ0n) is 13.2. The zero-order valence-corrected chi connectivity index (χ0v) is 14.0. The predicted molar refractivity (Wildman–Crippen MR) is 91.2 cm³/mol. The van der Waals surface area contributed by atoms with E-state index in [0.29, 0.717) is 12.1 Å². The summed E-state index contributed by atoms with van der Waals surface area (Å²) in [4.78, 5) is 12.2. The average molecular weight is 323 g/mol. The lowest BCUT2D eigenvalue weighted by molar-refractivity contribution is 0.0952. The molecule has 2 N–H and O–H groups in total. The van der Waals surface area contributed by atoms with E-state index in [1.807, 2.05) is 49.8 Å². The number of nitrogens with zero attached hydrogens (tertiary/aromatic N) is 2. The number of aryl methyl sites for hydroxylation is 1. The first-order valence-electron chi connectivity index (χ1n) is 7.18. The van der Waals surface area contributed by atoms with Crippen molar-refractivity contribution in [3.05, 3.63) is 47.3 Å². The molecule has 6 heteroatoms. The normalized spacial score (nSPS) is 10.1. The molecule has 1 amide bonds. The van der Waals surface area contributed by atoms with Gasteiger partial charge in [-0.1, -0.05) is 18.2 Å². The van der Waals surface area contributed by atoms with E-state index in [2.05, 4.69) is 15.7 Å². The Morgan fingerprint density at radius 3 is 2.64 bits per heavy atom. The van der Waals surface area contributed by atoms with Crippen molar-refractivity contribution >= 4 is 18.3 Å². The quantitative estimate of drug-likeness (QED) is 0.802. The van der Waals surface area contributed by atoms with Gasteiger partial charge in [0.2, 0.25) is 0 Å². The Kier molecular flexibility index (Phi) is 7.08. The maximum Gasteiger partial charge on any atom is 0.254 e. The summed E-state index contributed by atoms with van der Waals surface area (Å²) in [7, 11) is 1.90. The van der Waals surface area contributed by atoms with Crippen LogP contribution in [0.1, 0.15) is 28.0 Å².